The molecule has 0 bridgehead atoms. The number of aromatic nitrogens is 2. The molecule has 0 amide bonds. The van der Waals surface area contributed by atoms with E-state index in [2.05, 4.69) is 206 Å². The van der Waals surface area contributed by atoms with Gasteiger partial charge in [0.25, 0.3) is 0 Å². The maximum absolute atomic E-state index is 6.73. The fourth-order valence-corrected chi connectivity index (χ4v) is 7.78. The molecule has 5 aromatic carbocycles. The van der Waals surface area contributed by atoms with Crippen LogP contribution in [-0.2, 0) is 16.2 Å². The lowest BCUT2D eigenvalue weighted by atomic mass is 9.65. The first kappa shape index (κ1) is 37.4. The van der Waals surface area contributed by atoms with E-state index in [4.69, 9.17) is 9.72 Å². The van der Waals surface area contributed by atoms with Gasteiger partial charge in [-0.05, 0) is 105 Å². The zero-order valence-electron chi connectivity index (χ0n) is 35.0. The second kappa shape index (κ2) is 13.3. The van der Waals surface area contributed by atoms with Gasteiger partial charge in [0.05, 0.1) is 22.4 Å². The highest BCUT2D eigenvalue weighted by atomic mass is 16.5. The summed E-state index contributed by atoms with van der Waals surface area (Å²) in [7, 11) is 0. The Morgan fingerprint density at radius 2 is 1.14 bits per heavy atom. The van der Waals surface area contributed by atoms with Gasteiger partial charge in [-0.25, -0.2) is 4.98 Å². The van der Waals surface area contributed by atoms with Crippen molar-refractivity contribution in [3.63, 3.8) is 0 Å². The van der Waals surface area contributed by atoms with Crippen LogP contribution in [0.2, 0.25) is 0 Å². The number of ether oxygens (including phenoxy) is 1. The SMILES string of the molecule is CC(C)(C)c1ccnc(-n2c3ccccc3c3ccc(Oc4cccc(N5CN(c6cccc(C(C)(C)C(C)(C)C)c6)c6cc(C(C)(C)C)ccc65)c4)cc32)c1. The third-order valence-electron chi connectivity index (χ3n) is 12.3. The van der Waals surface area contributed by atoms with Crippen molar-refractivity contribution in [2.24, 2.45) is 5.41 Å². The minimum atomic E-state index is -0.00543. The first-order valence-corrected chi connectivity index (χ1v) is 20.0. The molecule has 0 N–H and O–H groups in total. The molecule has 286 valence electrons. The number of nitrogens with zero attached hydrogens (tertiary/aromatic N) is 4. The lowest BCUT2D eigenvalue weighted by Gasteiger charge is -2.40. The fraction of sp³-hybridized carbons (Fsp3) is 0.314. The molecule has 0 saturated carbocycles. The van der Waals surface area contributed by atoms with Crippen LogP contribution >= 0.6 is 0 Å². The van der Waals surface area contributed by atoms with Crippen LogP contribution in [0, 0.1) is 5.41 Å². The maximum atomic E-state index is 6.73. The van der Waals surface area contributed by atoms with Crippen molar-refractivity contribution >= 4 is 44.6 Å². The first-order valence-electron chi connectivity index (χ1n) is 20.0. The number of fused-ring (bicyclic) bond motifs is 4. The van der Waals surface area contributed by atoms with E-state index >= 15 is 0 Å². The van der Waals surface area contributed by atoms with Gasteiger partial charge in [-0.15, -0.1) is 0 Å². The summed E-state index contributed by atoms with van der Waals surface area (Å²) in [5.74, 6) is 2.47. The second-order valence-corrected chi connectivity index (χ2v) is 19.2. The highest BCUT2D eigenvalue weighted by molar-refractivity contribution is 6.09. The molecule has 7 aromatic rings. The average Bonchev–Trinajstić information content (AvgIpc) is 3.70. The first-order chi connectivity index (χ1) is 26.4. The van der Waals surface area contributed by atoms with E-state index in [0.717, 1.165) is 34.0 Å². The van der Waals surface area contributed by atoms with Gasteiger partial charge in [0, 0.05) is 40.5 Å². The van der Waals surface area contributed by atoms with Crippen molar-refractivity contribution in [2.45, 2.75) is 92.4 Å². The van der Waals surface area contributed by atoms with Crippen LogP contribution in [0.4, 0.5) is 22.7 Å². The Kier molecular flexibility index (Phi) is 8.87. The summed E-state index contributed by atoms with van der Waals surface area (Å²) in [6.45, 7) is 26.0. The van der Waals surface area contributed by atoms with Crippen LogP contribution in [0.5, 0.6) is 11.5 Å². The van der Waals surface area contributed by atoms with Crippen molar-refractivity contribution in [1.29, 1.82) is 0 Å². The van der Waals surface area contributed by atoms with E-state index in [1.807, 2.05) is 12.3 Å². The topological polar surface area (TPSA) is 33.5 Å². The predicted octanol–water partition coefficient (Wildman–Crippen LogP) is 14.1. The van der Waals surface area contributed by atoms with Gasteiger partial charge in [0.15, 0.2) is 0 Å². The molecular weight excluding hydrogens is 685 g/mol. The summed E-state index contributed by atoms with van der Waals surface area (Å²) in [6, 6.07) is 43.9. The monoisotopic (exact) mass is 740 g/mol. The number of hydrogen-bond acceptors (Lipinski definition) is 4. The molecule has 0 atom stereocenters. The van der Waals surface area contributed by atoms with Gasteiger partial charge in [0.2, 0.25) is 0 Å². The molecule has 0 radical (unpaired) electrons. The van der Waals surface area contributed by atoms with Gasteiger partial charge >= 0.3 is 0 Å². The van der Waals surface area contributed by atoms with Crippen LogP contribution in [0.1, 0.15) is 92.9 Å². The molecule has 1 aliphatic rings. The molecule has 56 heavy (non-hydrogen) atoms. The van der Waals surface area contributed by atoms with Gasteiger partial charge in [0.1, 0.15) is 24.0 Å². The summed E-state index contributed by atoms with van der Waals surface area (Å²) in [5.41, 5.74) is 10.9. The molecule has 8 rings (SSSR count). The highest BCUT2D eigenvalue weighted by Crippen LogP contribution is 2.48. The van der Waals surface area contributed by atoms with Crippen molar-refractivity contribution in [1.82, 2.24) is 9.55 Å². The van der Waals surface area contributed by atoms with E-state index in [0.29, 0.717) is 6.67 Å². The Hall–Kier alpha value is -5.55. The van der Waals surface area contributed by atoms with Crippen LogP contribution in [-0.4, -0.2) is 16.2 Å². The summed E-state index contributed by atoms with van der Waals surface area (Å²) >= 11 is 0. The molecule has 5 heteroatoms. The smallest absolute Gasteiger partial charge is 0.137 e. The summed E-state index contributed by atoms with van der Waals surface area (Å²) in [5, 5.41) is 2.36. The van der Waals surface area contributed by atoms with E-state index in [9.17, 15) is 0 Å². The number of pyridine rings is 1. The predicted molar refractivity (Wildman–Crippen MR) is 237 cm³/mol. The number of rotatable bonds is 6. The average molecular weight is 741 g/mol. The number of para-hydroxylation sites is 1. The number of anilines is 4. The Labute approximate surface area is 333 Å². The Bertz CT molecular complexity index is 2590. The van der Waals surface area contributed by atoms with Crippen molar-refractivity contribution in [3.05, 3.63) is 144 Å². The Balaban J connectivity index is 1.17. The van der Waals surface area contributed by atoms with E-state index < -0.39 is 0 Å². The summed E-state index contributed by atoms with van der Waals surface area (Å²) in [6.07, 6.45) is 1.92. The Morgan fingerprint density at radius 3 is 1.88 bits per heavy atom. The van der Waals surface area contributed by atoms with E-state index in [1.165, 1.54) is 44.5 Å². The quantitative estimate of drug-likeness (QED) is 0.170. The minimum Gasteiger partial charge on any atom is -0.457 e. The van der Waals surface area contributed by atoms with Gasteiger partial charge in [-0.1, -0.05) is 119 Å². The van der Waals surface area contributed by atoms with Crippen LogP contribution in [0.3, 0.4) is 0 Å². The molecule has 0 spiro atoms. The van der Waals surface area contributed by atoms with Gasteiger partial charge in [-0.2, -0.15) is 0 Å². The van der Waals surface area contributed by atoms with Crippen molar-refractivity contribution < 1.29 is 4.74 Å². The zero-order chi connectivity index (χ0) is 39.8. The van der Waals surface area contributed by atoms with Crippen molar-refractivity contribution in [2.75, 3.05) is 16.5 Å². The Morgan fingerprint density at radius 1 is 0.500 bits per heavy atom. The summed E-state index contributed by atoms with van der Waals surface area (Å²) < 4.78 is 8.99. The second-order valence-electron chi connectivity index (χ2n) is 19.2. The zero-order valence-corrected chi connectivity index (χ0v) is 35.0. The fourth-order valence-electron chi connectivity index (χ4n) is 7.78. The number of benzene rings is 5. The molecular formula is C51H56N4O. The molecule has 0 saturated heterocycles. The molecule has 2 aromatic heterocycles. The molecule has 0 unspecified atom stereocenters. The molecule has 3 heterocycles. The highest BCUT2D eigenvalue weighted by Gasteiger charge is 2.36. The molecule has 1 aliphatic heterocycles. The lowest BCUT2D eigenvalue weighted by molar-refractivity contribution is 0.225. The number of hydrogen-bond donors (Lipinski definition) is 0. The third-order valence-corrected chi connectivity index (χ3v) is 12.3. The molecule has 5 nitrogen and oxygen atoms in total. The maximum Gasteiger partial charge on any atom is 0.137 e. The largest absolute Gasteiger partial charge is 0.457 e. The van der Waals surface area contributed by atoms with Gasteiger partial charge < -0.3 is 14.5 Å². The van der Waals surface area contributed by atoms with Crippen LogP contribution < -0.4 is 14.5 Å². The lowest BCUT2D eigenvalue weighted by Crippen LogP contribution is -2.34. The molecule has 0 aliphatic carbocycles. The van der Waals surface area contributed by atoms with Crippen LogP contribution in [0.25, 0.3) is 27.6 Å². The van der Waals surface area contributed by atoms with Gasteiger partial charge in [-0.3, -0.25) is 4.57 Å². The van der Waals surface area contributed by atoms with Crippen LogP contribution in [0.15, 0.2) is 128 Å². The molecule has 0 fully saturated rings. The van der Waals surface area contributed by atoms with Crippen molar-refractivity contribution in [3.8, 4) is 17.3 Å². The summed E-state index contributed by atoms with van der Waals surface area (Å²) in [4.78, 5) is 9.75. The standard InChI is InChI=1S/C51H56N4O/c1-48(2,3)34-22-25-44-46(29-34)54(37-17-14-16-36(28-37)51(10,11)50(7,8)9)33-53(44)38-18-15-19-39(31-38)56-40-23-24-42-41-20-12-13-21-43(41)55(45(42)32-40)47-30-35(26-27-52-47)49(4,5)6/h12-32H,33H2,1-11H3. The van der Waals surface area contributed by atoms with E-state index in [-0.39, 0.29) is 21.7 Å². The third kappa shape index (κ3) is 6.61. The minimum absolute atomic E-state index is 0.00468. The van der Waals surface area contributed by atoms with E-state index in [1.54, 1.807) is 0 Å². The normalized spacial score (nSPS) is 13.8.